The highest BCUT2D eigenvalue weighted by Gasteiger charge is 2.31. The van der Waals surface area contributed by atoms with E-state index in [1.54, 1.807) is 0 Å². The molecule has 0 saturated carbocycles. The van der Waals surface area contributed by atoms with Crippen LogP contribution in [-0.2, 0) is 4.74 Å². The Bertz CT molecular complexity index is 146. The minimum atomic E-state index is -0.715. The van der Waals surface area contributed by atoms with Gasteiger partial charge >= 0.3 is 0 Å². The molecule has 0 amide bonds. The molecule has 0 aliphatic carbocycles. The standard InChI is InChI=1S/C9H19NO3/c1-2-8(11)5-10-6-9(12)3-4-13-7-9/h8,10-12H,2-7H2,1H3. The van der Waals surface area contributed by atoms with Crippen molar-refractivity contribution in [3.8, 4) is 0 Å². The number of ether oxygens (including phenoxy) is 1. The van der Waals surface area contributed by atoms with Crippen molar-refractivity contribution in [2.75, 3.05) is 26.3 Å². The molecule has 1 heterocycles. The molecular weight excluding hydrogens is 170 g/mol. The summed E-state index contributed by atoms with van der Waals surface area (Å²) in [6.45, 7) is 4.01. The fourth-order valence-electron chi connectivity index (χ4n) is 1.35. The van der Waals surface area contributed by atoms with E-state index in [1.165, 1.54) is 0 Å². The molecule has 78 valence electrons. The van der Waals surface area contributed by atoms with E-state index in [0.29, 0.717) is 32.7 Å². The first kappa shape index (κ1) is 10.9. The van der Waals surface area contributed by atoms with Crippen molar-refractivity contribution in [1.82, 2.24) is 5.32 Å². The van der Waals surface area contributed by atoms with E-state index in [4.69, 9.17) is 4.74 Å². The Balaban J connectivity index is 2.11. The van der Waals surface area contributed by atoms with Gasteiger partial charge in [0.1, 0.15) is 5.60 Å². The molecule has 3 N–H and O–H groups in total. The molecule has 1 fully saturated rings. The zero-order chi connectivity index (χ0) is 9.73. The van der Waals surface area contributed by atoms with Crippen LogP contribution in [0.4, 0.5) is 0 Å². The van der Waals surface area contributed by atoms with Gasteiger partial charge in [-0.1, -0.05) is 6.92 Å². The maximum absolute atomic E-state index is 9.81. The topological polar surface area (TPSA) is 61.7 Å². The lowest BCUT2D eigenvalue weighted by Crippen LogP contribution is -2.43. The summed E-state index contributed by atoms with van der Waals surface area (Å²) >= 11 is 0. The lowest BCUT2D eigenvalue weighted by Gasteiger charge is -2.21. The van der Waals surface area contributed by atoms with Gasteiger partial charge in [0.2, 0.25) is 0 Å². The predicted octanol–water partition coefficient (Wildman–Crippen LogP) is -0.502. The second-order valence-electron chi connectivity index (χ2n) is 3.72. The first-order chi connectivity index (χ1) is 6.16. The van der Waals surface area contributed by atoms with Gasteiger partial charge in [-0.15, -0.1) is 0 Å². The van der Waals surface area contributed by atoms with Crippen molar-refractivity contribution < 1.29 is 14.9 Å². The molecule has 4 nitrogen and oxygen atoms in total. The van der Waals surface area contributed by atoms with Crippen LogP contribution < -0.4 is 5.32 Å². The number of rotatable bonds is 5. The molecule has 0 bridgehead atoms. The van der Waals surface area contributed by atoms with Crippen LogP contribution in [0.1, 0.15) is 19.8 Å². The number of aliphatic hydroxyl groups excluding tert-OH is 1. The fraction of sp³-hybridized carbons (Fsp3) is 1.00. The largest absolute Gasteiger partial charge is 0.392 e. The summed E-state index contributed by atoms with van der Waals surface area (Å²) in [5.74, 6) is 0. The Morgan fingerprint density at radius 3 is 2.92 bits per heavy atom. The Morgan fingerprint density at radius 2 is 2.38 bits per heavy atom. The van der Waals surface area contributed by atoms with E-state index in [-0.39, 0.29) is 6.10 Å². The van der Waals surface area contributed by atoms with E-state index < -0.39 is 5.60 Å². The van der Waals surface area contributed by atoms with Gasteiger partial charge in [0.15, 0.2) is 0 Å². The SMILES string of the molecule is CCC(O)CNCC1(O)CCOC1. The van der Waals surface area contributed by atoms with E-state index >= 15 is 0 Å². The predicted molar refractivity (Wildman–Crippen MR) is 49.6 cm³/mol. The van der Waals surface area contributed by atoms with Gasteiger partial charge in [0.05, 0.1) is 12.7 Å². The van der Waals surface area contributed by atoms with E-state index in [2.05, 4.69) is 5.32 Å². The highest BCUT2D eigenvalue weighted by molar-refractivity contribution is 4.84. The van der Waals surface area contributed by atoms with Gasteiger partial charge in [-0.3, -0.25) is 0 Å². The quantitative estimate of drug-likeness (QED) is 0.545. The Morgan fingerprint density at radius 1 is 1.62 bits per heavy atom. The summed E-state index contributed by atoms with van der Waals surface area (Å²) in [6, 6.07) is 0. The molecule has 1 saturated heterocycles. The van der Waals surface area contributed by atoms with Crippen LogP contribution >= 0.6 is 0 Å². The van der Waals surface area contributed by atoms with Crippen LogP contribution in [0.2, 0.25) is 0 Å². The van der Waals surface area contributed by atoms with Crippen LogP contribution in [0.3, 0.4) is 0 Å². The number of aliphatic hydroxyl groups is 2. The smallest absolute Gasteiger partial charge is 0.102 e. The summed E-state index contributed by atoms with van der Waals surface area (Å²) < 4.78 is 5.09. The fourth-order valence-corrected chi connectivity index (χ4v) is 1.35. The molecule has 0 radical (unpaired) electrons. The van der Waals surface area contributed by atoms with Crippen molar-refractivity contribution in [2.24, 2.45) is 0 Å². The maximum Gasteiger partial charge on any atom is 0.102 e. The van der Waals surface area contributed by atoms with Crippen molar-refractivity contribution in [3.05, 3.63) is 0 Å². The van der Waals surface area contributed by atoms with Gasteiger partial charge in [0, 0.05) is 26.1 Å². The molecule has 0 spiro atoms. The molecule has 2 atom stereocenters. The second-order valence-corrected chi connectivity index (χ2v) is 3.72. The van der Waals surface area contributed by atoms with Crippen LogP contribution in [0.15, 0.2) is 0 Å². The highest BCUT2D eigenvalue weighted by atomic mass is 16.5. The summed E-state index contributed by atoms with van der Waals surface area (Å²) in [7, 11) is 0. The third-order valence-corrected chi connectivity index (χ3v) is 2.39. The van der Waals surface area contributed by atoms with Crippen LogP contribution in [0, 0.1) is 0 Å². The highest BCUT2D eigenvalue weighted by Crippen LogP contribution is 2.16. The molecule has 0 aromatic heterocycles. The van der Waals surface area contributed by atoms with Gasteiger partial charge in [0.25, 0.3) is 0 Å². The monoisotopic (exact) mass is 189 g/mol. The average molecular weight is 189 g/mol. The molecule has 1 aliphatic rings. The number of hydrogen-bond donors (Lipinski definition) is 3. The van der Waals surface area contributed by atoms with E-state index in [1.807, 2.05) is 6.92 Å². The Kier molecular flexibility index (Phi) is 4.12. The van der Waals surface area contributed by atoms with Crippen molar-refractivity contribution in [1.29, 1.82) is 0 Å². The minimum absolute atomic E-state index is 0.314. The zero-order valence-corrected chi connectivity index (χ0v) is 8.12. The number of nitrogens with one attached hydrogen (secondary N) is 1. The Hall–Kier alpha value is -0.160. The third-order valence-electron chi connectivity index (χ3n) is 2.39. The first-order valence-corrected chi connectivity index (χ1v) is 4.85. The lowest BCUT2D eigenvalue weighted by molar-refractivity contribution is 0.0244. The van der Waals surface area contributed by atoms with Crippen molar-refractivity contribution in [3.63, 3.8) is 0 Å². The minimum Gasteiger partial charge on any atom is -0.392 e. The second kappa shape index (κ2) is 4.91. The van der Waals surface area contributed by atoms with Gasteiger partial charge in [-0.25, -0.2) is 0 Å². The molecule has 1 aliphatic heterocycles. The summed E-state index contributed by atoms with van der Waals surface area (Å²) in [6.07, 6.45) is 1.11. The summed E-state index contributed by atoms with van der Waals surface area (Å²) in [5.41, 5.74) is -0.715. The normalized spacial score (nSPS) is 30.7. The van der Waals surface area contributed by atoms with Crippen molar-refractivity contribution in [2.45, 2.75) is 31.5 Å². The summed E-state index contributed by atoms with van der Waals surface area (Å²) in [5, 5.41) is 22.1. The molecule has 13 heavy (non-hydrogen) atoms. The zero-order valence-electron chi connectivity index (χ0n) is 8.12. The molecule has 2 unspecified atom stereocenters. The molecule has 4 heteroatoms. The van der Waals surface area contributed by atoms with Gasteiger partial charge in [-0.05, 0) is 6.42 Å². The van der Waals surface area contributed by atoms with Gasteiger partial charge in [-0.2, -0.15) is 0 Å². The summed E-state index contributed by atoms with van der Waals surface area (Å²) in [4.78, 5) is 0. The van der Waals surface area contributed by atoms with E-state index in [9.17, 15) is 10.2 Å². The van der Waals surface area contributed by atoms with Gasteiger partial charge < -0.3 is 20.3 Å². The van der Waals surface area contributed by atoms with Crippen LogP contribution in [0.5, 0.6) is 0 Å². The number of hydrogen-bond acceptors (Lipinski definition) is 4. The third kappa shape index (κ3) is 3.60. The molecule has 0 aromatic carbocycles. The molecule has 1 rings (SSSR count). The average Bonchev–Trinajstić information content (AvgIpc) is 2.52. The van der Waals surface area contributed by atoms with E-state index in [0.717, 1.165) is 6.42 Å². The maximum atomic E-state index is 9.81. The molecule has 0 aromatic rings. The van der Waals surface area contributed by atoms with Crippen molar-refractivity contribution >= 4 is 0 Å². The lowest BCUT2D eigenvalue weighted by atomic mass is 10.0. The Labute approximate surface area is 78.9 Å². The van der Waals surface area contributed by atoms with Crippen LogP contribution in [0.25, 0.3) is 0 Å². The first-order valence-electron chi connectivity index (χ1n) is 4.85. The van der Waals surface area contributed by atoms with Crippen LogP contribution in [-0.4, -0.2) is 48.2 Å². The molecular formula is C9H19NO3.